The lowest BCUT2D eigenvalue weighted by molar-refractivity contribution is 0.0686. The number of carbonyl (C=O) groups is 2. The molecule has 0 unspecified atom stereocenters. The third-order valence-corrected chi connectivity index (χ3v) is 8.96. The Kier molecular flexibility index (Phi) is 8.66. The van der Waals surface area contributed by atoms with Gasteiger partial charge in [0.25, 0.3) is 0 Å². The van der Waals surface area contributed by atoms with Crippen molar-refractivity contribution in [2.45, 2.75) is 46.0 Å². The number of thiophene rings is 2. The molecule has 0 spiro atoms. The Morgan fingerprint density at radius 3 is 2.17 bits per heavy atom. The van der Waals surface area contributed by atoms with Crippen LogP contribution in [0.25, 0.3) is 43.7 Å². The highest BCUT2D eigenvalue weighted by Gasteiger charge is 2.16. The van der Waals surface area contributed by atoms with E-state index in [9.17, 15) is 19.8 Å². The Morgan fingerprint density at radius 2 is 1.46 bits per heavy atom. The van der Waals surface area contributed by atoms with Crippen molar-refractivity contribution < 1.29 is 19.8 Å². The lowest BCUT2D eigenvalue weighted by Gasteiger charge is -2.08. The minimum absolute atomic E-state index is 0.0112. The summed E-state index contributed by atoms with van der Waals surface area (Å²) in [6.07, 6.45) is 9.09. The largest absolute Gasteiger partial charge is 0.478 e. The molecule has 9 heteroatoms. The van der Waals surface area contributed by atoms with E-state index in [0.29, 0.717) is 11.4 Å². The highest BCUT2D eigenvalue weighted by molar-refractivity contribution is 7.21. The van der Waals surface area contributed by atoms with Crippen molar-refractivity contribution in [3.63, 3.8) is 0 Å². The molecule has 7 nitrogen and oxygen atoms in total. The molecule has 2 N–H and O–H groups in total. The van der Waals surface area contributed by atoms with E-state index in [2.05, 4.69) is 46.3 Å². The normalized spacial score (nSPS) is 11.1. The molecule has 41 heavy (non-hydrogen) atoms. The number of carboxylic acid groups (broad SMARTS) is 2. The first-order valence-electron chi connectivity index (χ1n) is 13.4. The summed E-state index contributed by atoms with van der Waals surface area (Å²) >= 11 is 3.56. The topological polar surface area (TPSA) is 113 Å². The molecule has 0 radical (unpaired) electrons. The van der Waals surface area contributed by atoms with Gasteiger partial charge < -0.3 is 10.2 Å². The molecule has 5 rings (SSSR count). The number of aromatic carboxylic acids is 2. The Balaban J connectivity index is 1.47. The first-order chi connectivity index (χ1) is 19.8. The molecule has 5 heterocycles. The number of pyridine rings is 3. The molecule has 0 saturated heterocycles. The van der Waals surface area contributed by atoms with Crippen LogP contribution in [0.2, 0.25) is 0 Å². The number of carboxylic acids is 2. The van der Waals surface area contributed by atoms with Gasteiger partial charge in [-0.15, -0.1) is 22.7 Å². The molecular formula is C32H29N3O4S2. The summed E-state index contributed by atoms with van der Waals surface area (Å²) in [5, 5.41) is 21.3. The Labute approximate surface area is 246 Å². The fourth-order valence-corrected chi connectivity index (χ4v) is 6.82. The predicted octanol–water partition coefficient (Wildman–Crippen LogP) is 8.49. The zero-order valence-electron chi connectivity index (χ0n) is 22.8. The Hall–Kier alpha value is -4.21. The maximum Gasteiger partial charge on any atom is 0.335 e. The monoisotopic (exact) mass is 583 g/mol. The molecule has 0 aliphatic carbocycles. The highest BCUT2D eigenvalue weighted by Crippen LogP contribution is 2.40. The maximum atomic E-state index is 11.9. The number of unbranched alkanes of at least 4 members (excludes halogenated alkanes) is 3. The molecule has 0 bridgehead atoms. The molecule has 0 atom stereocenters. The molecule has 0 aromatic carbocycles. The third-order valence-electron chi connectivity index (χ3n) is 6.75. The first kappa shape index (κ1) is 28.3. The van der Waals surface area contributed by atoms with Gasteiger partial charge >= 0.3 is 11.9 Å². The Morgan fingerprint density at radius 1 is 0.780 bits per heavy atom. The summed E-state index contributed by atoms with van der Waals surface area (Å²) in [6.45, 7) is 4.39. The van der Waals surface area contributed by atoms with Crippen LogP contribution in [0, 0.1) is 6.92 Å². The fraction of sp³-hybridized carbons (Fsp3) is 0.219. The molecule has 0 amide bonds. The van der Waals surface area contributed by atoms with Crippen LogP contribution in [0.5, 0.6) is 0 Å². The number of rotatable bonds is 11. The van der Waals surface area contributed by atoms with Crippen LogP contribution in [-0.2, 0) is 6.42 Å². The summed E-state index contributed by atoms with van der Waals surface area (Å²) in [5.41, 5.74) is 4.87. The summed E-state index contributed by atoms with van der Waals surface area (Å²) in [4.78, 5) is 40.6. The Bertz CT molecular complexity index is 1720. The summed E-state index contributed by atoms with van der Waals surface area (Å²) < 4.78 is 0. The molecule has 5 aromatic rings. The quantitative estimate of drug-likeness (QED) is 0.150. The van der Waals surface area contributed by atoms with Gasteiger partial charge in [-0.1, -0.05) is 26.2 Å². The smallest absolute Gasteiger partial charge is 0.335 e. The van der Waals surface area contributed by atoms with Crippen molar-refractivity contribution >= 4 is 34.6 Å². The standard InChI is InChI=1S/C32H29N3O4S2/c1-3-4-5-6-7-21-12-19(2)41-30(21)29-17-24(18-40-29)20-8-10-33-25(13-20)27-15-23(32(38)39)16-28(35-27)26-14-22(31(36)37)9-11-34-26/h8-18H,3-7H2,1-2H3,(H,36,37)(H,38,39). The zero-order chi connectivity index (χ0) is 28.9. The fourth-order valence-electron chi connectivity index (χ4n) is 4.68. The van der Waals surface area contributed by atoms with Crippen LogP contribution < -0.4 is 0 Å². The zero-order valence-corrected chi connectivity index (χ0v) is 24.4. The number of aryl methyl sites for hydroxylation is 2. The average Bonchev–Trinajstić information content (AvgIpc) is 3.62. The number of aromatic nitrogens is 3. The molecule has 0 aliphatic heterocycles. The molecule has 208 valence electrons. The summed E-state index contributed by atoms with van der Waals surface area (Å²) in [7, 11) is 0. The number of nitrogens with zero attached hydrogens (tertiary/aromatic N) is 3. The van der Waals surface area contributed by atoms with E-state index in [1.807, 2.05) is 23.5 Å². The van der Waals surface area contributed by atoms with E-state index in [1.54, 1.807) is 17.5 Å². The summed E-state index contributed by atoms with van der Waals surface area (Å²) in [6, 6.07) is 14.0. The second kappa shape index (κ2) is 12.5. The van der Waals surface area contributed by atoms with Crippen molar-refractivity contribution in [1.29, 1.82) is 0 Å². The average molecular weight is 584 g/mol. The number of hydrogen-bond donors (Lipinski definition) is 2. The van der Waals surface area contributed by atoms with E-state index in [4.69, 9.17) is 0 Å². The van der Waals surface area contributed by atoms with Crippen molar-refractivity contribution in [1.82, 2.24) is 15.0 Å². The van der Waals surface area contributed by atoms with Crippen LogP contribution in [0.15, 0.2) is 66.3 Å². The molecular weight excluding hydrogens is 555 g/mol. The minimum Gasteiger partial charge on any atom is -0.478 e. The SMILES string of the molecule is CCCCCCc1cc(C)sc1-c1cc(-c2ccnc(-c3cc(C(=O)O)cc(-c4cc(C(=O)O)ccn4)n3)c2)cs1. The molecule has 0 aliphatic rings. The van der Waals surface area contributed by atoms with Gasteiger partial charge in [-0.25, -0.2) is 14.6 Å². The van der Waals surface area contributed by atoms with Crippen molar-refractivity contribution in [3.8, 4) is 43.7 Å². The van der Waals surface area contributed by atoms with Crippen LogP contribution in [0.3, 0.4) is 0 Å². The van der Waals surface area contributed by atoms with Gasteiger partial charge in [0.15, 0.2) is 0 Å². The van der Waals surface area contributed by atoms with E-state index in [1.165, 1.54) is 76.3 Å². The van der Waals surface area contributed by atoms with Crippen LogP contribution >= 0.6 is 22.7 Å². The lowest BCUT2D eigenvalue weighted by atomic mass is 10.0. The van der Waals surface area contributed by atoms with E-state index >= 15 is 0 Å². The van der Waals surface area contributed by atoms with E-state index in [-0.39, 0.29) is 22.5 Å². The van der Waals surface area contributed by atoms with Crippen LogP contribution in [-0.4, -0.2) is 37.1 Å². The second-order valence-electron chi connectivity index (χ2n) is 9.82. The minimum atomic E-state index is -1.13. The van der Waals surface area contributed by atoms with Gasteiger partial charge in [0, 0.05) is 27.0 Å². The van der Waals surface area contributed by atoms with Gasteiger partial charge in [-0.3, -0.25) is 9.97 Å². The first-order valence-corrected chi connectivity index (χ1v) is 15.1. The van der Waals surface area contributed by atoms with E-state index in [0.717, 1.165) is 17.5 Å². The van der Waals surface area contributed by atoms with Gasteiger partial charge in [-0.05, 0) is 90.4 Å². The van der Waals surface area contributed by atoms with Crippen molar-refractivity contribution in [2.24, 2.45) is 0 Å². The number of hydrogen-bond acceptors (Lipinski definition) is 7. The molecule has 0 saturated carbocycles. The lowest BCUT2D eigenvalue weighted by Crippen LogP contribution is -2.02. The van der Waals surface area contributed by atoms with Gasteiger partial charge in [0.05, 0.1) is 33.9 Å². The highest BCUT2D eigenvalue weighted by atomic mass is 32.1. The van der Waals surface area contributed by atoms with Crippen molar-refractivity contribution in [2.75, 3.05) is 0 Å². The second-order valence-corrected chi connectivity index (χ2v) is 12.0. The van der Waals surface area contributed by atoms with Gasteiger partial charge in [0.1, 0.15) is 0 Å². The van der Waals surface area contributed by atoms with Crippen LogP contribution in [0.4, 0.5) is 0 Å². The van der Waals surface area contributed by atoms with Gasteiger partial charge in [0.2, 0.25) is 0 Å². The third kappa shape index (κ3) is 6.58. The predicted molar refractivity (Wildman–Crippen MR) is 164 cm³/mol. The van der Waals surface area contributed by atoms with E-state index < -0.39 is 11.9 Å². The van der Waals surface area contributed by atoms with Crippen molar-refractivity contribution in [3.05, 3.63) is 87.9 Å². The summed E-state index contributed by atoms with van der Waals surface area (Å²) in [5.74, 6) is -2.23. The van der Waals surface area contributed by atoms with Crippen LogP contribution in [0.1, 0.15) is 63.8 Å². The van der Waals surface area contributed by atoms with Gasteiger partial charge in [-0.2, -0.15) is 0 Å². The molecule has 0 fully saturated rings. The maximum absolute atomic E-state index is 11.9. The molecule has 5 aromatic heterocycles.